The predicted molar refractivity (Wildman–Crippen MR) is 103 cm³/mol. The number of rotatable bonds is 3. The first-order valence-corrected chi connectivity index (χ1v) is 8.99. The van der Waals surface area contributed by atoms with Crippen LogP contribution in [0.25, 0.3) is 0 Å². The Hall–Kier alpha value is -1.75. The third-order valence-electron chi connectivity index (χ3n) is 5.41. The van der Waals surface area contributed by atoms with Crippen LogP contribution < -0.4 is 10.6 Å². The van der Waals surface area contributed by atoms with Gasteiger partial charge in [0.15, 0.2) is 0 Å². The van der Waals surface area contributed by atoms with Gasteiger partial charge in [0.05, 0.1) is 0 Å². The van der Waals surface area contributed by atoms with Gasteiger partial charge in [0.2, 0.25) is 11.8 Å². The first-order valence-electron chi connectivity index (χ1n) is 8.99. The lowest BCUT2D eigenvalue weighted by molar-refractivity contribution is -0.130. The highest BCUT2D eigenvalue weighted by Crippen LogP contribution is 2.32. The number of nitrogen functional groups attached to an aromatic ring is 1. The van der Waals surface area contributed by atoms with Crippen LogP contribution in [0, 0.1) is 5.92 Å². The van der Waals surface area contributed by atoms with E-state index in [-0.39, 0.29) is 24.2 Å². The fourth-order valence-electron chi connectivity index (χ4n) is 3.91. The van der Waals surface area contributed by atoms with Crippen molar-refractivity contribution in [2.45, 2.75) is 45.4 Å². The Morgan fingerprint density at radius 2 is 1.92 bits per heavy atom. The lowest BCUT2D eigenvalue weighted by Gasteiger charge is -2.33. The standard InChI is InChI=1S/C19H27N3O2.ClH/c1-14(23)21-12-9-15(10-13-21)7-8-19(24)22-11-3-4-16-17(20)5-2-6-18(16)22;/h2,5-6,15H,3-4,7-13,20H2,1H3;1H. The summed E-state index contributed by atoms with van der Waals surface area (Å²) in [6.45, 7) is 4.08. The summed E-state index contributed by atoms with van der Waals surface area (Å²) in [7, 11) is 0. The first kappa shape index (κ1) is 19.6. The predicted octanol–water partition coefficient (Wildman–Crippen LogP) is 3.01. The smallest absolute Gasteiger partial charge is 0.226 e. The van der Waals surface area contributed by atoms with E-state index >= 15 is 0 Å². The van der Waals surface area contributed by atoms with Gasteiger partial charge in [-0.3, -0.25) is 9.59 Å². The molecule has 0 aromatic heterocycles. The zero-order chi connectivity index (χ0) is 17.1. The van der Waals surface area contributed by atoms with E-state index in [1.807, 2.05) is 28.0 Å². The molecule has 6 heteroatoms. The maximum Gasteiger partial charge on any atom is 0.226 e. The van der Waals surface area contributed by atoms with Gasteiger partial charge in [-0.2, -0.15) is 0 Å². The van der Waals surface area contributed by atoms with E-state index in [1.54, 1.807) is 6.92 Å². The average Bonchev–Trinajstić information content (AvgIpc) is 2.60. The molecule has 1 saturated heterocycles. The number of carbonyl (C=O) groups is 2. The average molecular weight is 366 g/mol. The minimum atomic E-state index is 0. The second-order valence-electron chi connectivity index (χ2n) is 6.98. The molecule has 0 saturated carbocycles. The second kappa shape index (κ2) is 8.56. The van der Waals surface area contributed by atoms with E-state index in [0.29, 0.717) is 12.3 Å². The van der Waals surface area contributed by atoms with Gasteiger partial charge in [-0.05, 0) is 55.7 Å². The molecule has 0 aliphatic carbocycles. The fraction of sp³-hybridized carbons (Fsp3) is 0.579. The molecular weight excluding hydrogens is 338 g/mol. The fourth-order valence-corrected chi connectivity index (χ4v) is 3.91. The van der Waals surface area contributed by atoms with Crippen LogP contribution in [-0.2, 0) is 16.0 Å². The Kier molecular flexibility index (Phi) is 6.71. The summed E-state index contributed by atoms with van der Waals surface area (Å²) in [5.41, 5.74) is 8.97. The Balaban J connectivity index is 0.00000225. The van der Waals surface area contributed by atoms with Crippen LogP contribution in [0.4, 0.5) is 11.4 Å². The van der Waals surface area contributed by atoms with E-state index < -0.39 is 0 Å². The molecular formula is C19H28ClN3O2. The lowest BCUT2D eigenvalue weighted by Crippen LogP contribution is -2.38. The summed E-state index contributed by atoms with van der Waals surface area (Å²) in [5.74, 6) is 0.914. The molecule has 2 heterocycles. The van der Waals surface area contributed by atoms with Crippen LogP contribution in [-0.4, -0.2) is 36.3 Å². The number of nitrogens with two attached hydrogens (primary N) is 1. The number of likely N-dealkylation sites (tertiary alicyclic amines) is 1. The van der Waals surface area contributed by atoms with E-state index in [9.17, 15) is 9.59 Å². The van der Waals surface area contributed by atoms with Crippen LogP contribution in [0.5, 0.6) is 0 Å². The van der Waals surface area contributed by atoms with Gasteiger partial charge in [0.25, 0.3) is 0 Å². The molecule has 3 rings (SSSR count). The van der Waals surface area contributed by atoms with E-state index in [1.165, 1.54) is 0 Å². The van der Waals surface area contributed by atoms with E-state index in [2.05, 4.69) is 0 Å². The van der Waals surface area contributed by atoms with Crippen LogP contribution in [0.15, 0.2) is 18.2 Å². The summed E-state index contributed by atoms with van der Waals surface area (Å²) in [4.78, 5) is 27.9. The molecule has 0 radical (unpaired) electrons. The minimum absolute atomic E-state index is 0. The SMILES string of the molecule is CC(=O)N1CCC(CCC(=O)N2CCCc3c(N)cccc32)CC1.Cl. The van der Waals surface area contributed by atoms with Crippen molar-refractivity contribution >= 4 is 35.6 Å². The molecule has 1 aromatic carbocycles. The van der Waals surface area contributed by atoms with Crippen LogP contribution in [0.2, 0.25) is 0 Å². The zero-order valence-corrected chi connectivity index (χ0v) is 15.7. The largest absolute Gasteiger partial charge is 0.398 e. The Morgan fingerprint density at radius 3 is 2.60 bits per heavy atom. The minimum Gasteiger partial charge on any atom is -0.398 e. The number of halogens is 1. The van der Waals surface area contributed by atoms with Crippen molar-refractivity contribution in [3.8, 4) is 0 Å². The highest BCUT2D eigenvalue weighted by atomic mass is 35.5. The van der Waals surface area contributed by atoms with Gasteiger partial charge in [0.1, 0.15) is 0 Å². The number of anilines is 2. The van der Waals surface area contributed by atoms with Crippen LogP contribution in [0.3, 0.4) is 0 Å². The lowest BCUT2D eigenvalue weighted by atomic mass is 9.91. The maximum absolute atomic E-state index is 12.7. The summed E-state index contributed by atoms with van der Waals surface area (Å²) in [6.07, 6.45) is 5.45. The molecule has 0 atom stereocenters. The Bertz CT molecular complexity index is 627. The van der Waals surface area contributed by atoms with Gasteiger partial charge in [-0.25, -0.2) is 0 Å². The molecule has 1 fully saturated rings. The molecule has 1 aromatic rings. The van der Waals surface area contributed by atoms with Crippen molar-refractivity contribution in [2.75, 3.05) is 30.3 Å². The number of fused-ring (bicyclic) bond motifs is 1. The highest BCUT2D eigenvalue weighted by molar-refractivity contribution is 5.95. The van der Waals surface area contributed by atoms with Crippen molar-refractivity contribution in [1.82, 2.24) is 4.90 Å². The van der Waals surface area contributed by atoms with Crippen molar-refractivity contribution < 1.29 is 9.59 Å². The van der Waals surface area contributed by atoms with Gasteiger partial charge in [-0.1, -0.05) is 6.07 Å². The monoisotopic (exact) mass is 365 g/mol. The molecule has 0 bridgehead atoms. The normalized spacial score (nSPS) is 17.6. The van der Waals surface area contributed by atoms with Crippen molar-refractivity contribution in [3.63, 3.8) is 0 Å². The summed E-state index contributed by atoms with van der Waals surface area (Å²) < 4.78 is 0. The number of benzene rings is 1. The van der Waals surface area contributed by atoms with Crippen molar-refractivity contribution in [3.05, 3.63) is 23.8 Å². The maximum atomic E-state index is 12.7. The number of amides is 2. The van der Waals surface area contributed by atoms with Gasteiger partial charge >= 0.3 is 0 Å². The van der Waals surface area contributed by atoms with Gasteiger partial charge in [-0.15, -0.1) is 12.4 Å². The van der Waals surface area contributed by atoms with Crippen LogP contribution >= 0.6 is 12.4 Å². The summed E-state index contributed by atoms with van der Waals surface area (Å²) >= 11 is 0. The van der Waals surface area contributed by atoms with E-state index in [4.69, 9.17) is 5.73 Å². The van der Waals surface area contributed by atoms with Gasteiger partial charge in [0, 0.05) is 44.4 Å². The number of piperidine rings is 1. The number of hydrogen-bond acceptors (Lipinski definition) is 3. The molecule has 0 unspecified atom stereocenters. The molecule has 2 aliphatic heterocycles. The molecule has 5 nitrogen and oxygen atoms in total. The molecule has 2 N–H and O–H groups in total. The molecule has 0 spiro atoms. The number of hydrogen-bond donors (Lipinski definition) is 1. The second-order valence-corrected chi connectivity index (χ2v) is 6.98. The number of nitrogens with zero attached hydrogens (tertiary/aromatic N) is 2. The third kappa shape index (κ3) is 4.46. The Labute approximate surface area is 155 Å². The van der Waals surface area contributed by atoms with Gasteiger partial charge < -0.3 is 15.5 Å². The third-order valence-corrected chi connectivity index (χ3v) is 5.41. The molecule has 138 valence electrons. The Morgan fingerprint density at radius 1 is 1.20 bits per heavy atom. The topological polar surface area (TPSA) is 66.6 Å². The summed E-state index contributed by atoms with van der Waals surface area (Å²) in [5, 5.41) is 0. The quantitative estimate of drug-likeness (QED) is 0.837. The van der Waals surface area contributed by atoms with Crippen molar-refractivity contribution in [1.29, 1.82) is 0 Å². The molecule has 25 heavy (non-hydrogen) atoms. The van der Waals surface area contributed by atoms with E-state index in [0.717, 1.165) is 68.7 Å². The molecule has 2 amide bonds. The molecule has 2 aliphatic rings. The van der Waals surface area contributed by atoms with Crippen LogP contribution in [0.1, 0.15) is 44.6 Å². The first-order chi connectivity index (χ1) is 11.6. The zero-order valence-electron chi connectivity index (χ0n) is 14.9. The van der Waals surface area contributed by atoms with Crippen molar-refractivity contribution in [2.24, 2.45) is 5.92 Å². The number of carbonyl (C=O) groups excluding carboxylic acids is 2. The summed E-state index contributed by atoms with van der Waals surface area (Å²) in [6, 6.07) is 5.85. The highest BCUT2D eigenvalue weighted by Gasteiger charge is 2.25.